The van der Waals surface area contributed by atoms with Gasteiger partial charge in [0, 0.05) is 20.9 Å². The molecule has 1 aliphatic carbocycles. The molecule has 0 N–H and O–H groups in total. The lowest BCUT2D eigenvalue weighted by atomic mass is 9.67. The summed E-state index contributed by atoms with van der Waals surface area (Å²) in [6.07, 6.45) is 0. The number of hydrogen-bond acceptors (Lipinski definition) is 5. The van der Waals surface area contributed by atoms with Gasteiger partial charge in [0.05, 0.1) is 5.41 Å². The maximum absolute atomic E-state index is 6.29. The summed E-state index contributed by atoms with van der Waals surface area (Å²) in [7, 11) is 0. The summed E-state index contributed by atoms with van der Waals surface area (Å²) in [6, 6.07) is 73.8. The quantitative estimate of drug-likeness (QED) is 0.173. The van der Waals surface area contributed by atoms with Crippen molar-refractivity contribution in [2.24, 2.45) is 0 Å². The molecule has 0 saturated heterocycles. The van der Waals surface area contributed by atoms with E-state index in [9.17, 15) is 0 Å². The van der Waals surface area contributed by atoms with Crippen LogP contribution in [0.4, 0.5) is 0 Å². The summed E-state index contributed by atoms with van der Waals surface area (Å²) < 4.78 is 12.6. The first-order valence-corrected chi connectivity index (χ1v) is 21.7. The van der Waals surface area contributed by atoms with Crippen molar-refractivity contribution in [3.63, 3.8) is 0 Å². The molecule has 4 nitrogen and oxygen atoms in total. The molecule has 290 valence electrons. The maximum Gasteiger partial charge on any atom is 0.227 e. The summed E-state index contributed by atoms with van der Waals surface area (Å²) in [5.74, 6) is 1.10. The lowest BCUT2D eigenvalue weighted by molar-refractivity contribution is 0.617. The van der Waals surface area contributed by atoms with Crippen molar-refractivity contribution in [1.82, 2.24) is 9.97 Å². The maximum atomic E-state index is 6.29. The molecule has 13 rings (SSSR count). The molecule has 0 unspecified atom stereocenters. The van der Waals surface area contributed by atoms with Gasteiger partial charge in [-0.05, 0) is 140 Å². The van der Waals surface area contributed by atoms with E-state index in [2.05, 4.69) is 152 Å². The molecule has 0 saturated carbocycles. The summed E-state index contributed by atoms with van der Waals surface area (Å²) in [4.78, 5) is 12.3. The van der Waals surface area contributed by atoms with Gasteiger partial charge in [-0.2, -0.15) is 0 Å². The highest BCUT2D eigenvalue weighted by molar-refractivity contribution is 7.99. The van der Waals surface area contributed by atoms with Crippen molar-refractivity contribution < 1.29 is 8.83 Å². The van der Waals surface area contributed by atoms with E-state index in [1.54, 1.807) is 0 Å². The number of aromatic nitrogens is 2. The molecule has 0 fully saturated rings. The second kappa shape index (κ2) is 13.6. The predicted molar refractivity (Wildman–Crippen MR) is 250 cm³/mol. The van der Waals surface area contributed by atoms with E-state index in [1.165, 1.54) is 54.3 Å². The Morgan fingerprint density at radius 2 is 0.758 bits per heavy atom. The average Bonchev–Trinajstić information content (AvgIpc) is 4.06. The minimum Gasteiger partial charge on any atom is -0.436 e. The molecule has 5 heteroatoms. The van der Waals surface area contributed by atoms with Gasteiger partial charge in [-0.1, -0.05) is 145 Å². The number of hydrogen-bond donors (Lipinski definition) is 0. The third-order valence-corrected chi connectivity index (χ3v) is 13.7. The Morgan fingerprint density at radius 3 is 1.34 bits per heavy atom. The summed E-state index contributed by atoms with van der Waals surface area (Å²) in [5.41, 5.74) is 19.1. The van der Waals surface area contributed by atoms with Crippen LogP contribution >= 0.6 is 11.8 Å². The first-order chi connectivity index (χ1) is 30.7. The Bertz CT molecular complexity index is 3390. The van der Waals surface area contributed by atoms with Crippen molar-refractivity contribution in [1.29, 1.82) is 0 Å². The summed E-state index contributed by atoms with van der Waals surface area (Å²) in [5, 5.41) is 0. The monoisotopic (exact) mass is 810 g/mol. The highest BCUT2D eigenvalue weighted by atomic mass is 32.2. The van der Waals surface area contributed by atoms with Gasteiger partial charge < -0.3 is 8.83 Å². The molecule has 0 bridgehead atoms. The molecular weight excluding hydrogens is 777 g/mol. The summed E-state index contributed by atoms with van der Waals surface area (Å²) in [6.45, 7) is 0. The molecule has 11 aromatic rings. The normalized spacial score (nSPS) is 13.2. The van der Waals surface area contributed by atoms with Crippen LogP contribution < -0.4 is 0 Å². The number of oxazole rings is 2. The zero-order valence-corrected chi connectivity index (χ0v) is 34.1. The molecular formula is C57H34N2O2S. The first kappa shape index (κ1) is 35.1. The second-order valence-electron chi connectivity index (χ2n) is 16.1. The van der Waals surface area contributed by atoms with Crippen molar-refractivity contribution in [3.8, 4) is 67.4 Å². The SMILES string of the molecule is c1cc(-c2cccc(-c3ccc4c(c3)-c3ccccc3C43c4ccccc4Sc4ccccc43)c2)cc(-c2cc(-c3nc4ccccc4o3)cc(-c3nc4ccccc4o3)c2)c1. The minimum absolute atomic E-state index is 0.386. The standard InChI is InChI=1S/C57H34N2O2S/c1-2-18-45-43(17-1)44-34-39(27-28-46(44)57(45)47-19-3-9-25-53(47)62-54-26-10-4-20-48(54)57)37-15-11-13-35(29-37)36-14-12-16-38(30-36)40-31-41(55-58-49-21-5-7-23-51(49)60-55)33-42(32-40)56-59-50-22-6-8-24-52(50)61-56/h1-34H. The van der Waals surface area contributed by atoms with Crippen LogP contribution in [0.3, 0.4) is 0 Å². The molecule has 2 aromatic heterocycles. The van der Waals surface area contributed by atoms with Gasteiger partial charge in [0.1, 0.15) is 11.0 Å². The van der Waals surface area contributed by atoms with E-state index in [1.807, 2.05) is 66.4 Å². The van der Waals surface area contributed by atoms with Crippen LogP contribution in [0.2, 0.25) is 0 Å². The van der Waals surface area contributed by atoms with Crippen LogP contribution in [0, 0.1) is 0 Å². The molecule has 1 aliphatic heterocycles. The Kier molecular flexibility index (Phi) is 7.72. The zero-order chi connectivity index (χ0) is 40.8. The molecule has 9 aromatic carbocycles. The Balaban J connectivity index is 0.912. The van der Waals surface area contributed by atoms with Crippen molar-refractivity contribution in [2.75, 3.05) is 0 Å². The van der Waals surface area contributed by atoms with E-state index in [4.69, 9.17) is 18.8 Å². The van der Waals surface area contributed by atoms with E-state index < -0.39 is 0 Å². The fourth-order valence-corrected chi connectivity index (χ4v) is 11.0. The minimum atomic E-state index is -0.386. The fourth-order valence-electron chi connectivity index (χ4n) is 9.83. The Morgan fingerprint density at radius 1 is 0.323 bits per heavy atom. The smallest absolute Gasteiger partial charge is 0.227 e. The second-order valence-corrected chi connectivity index (χ2v) is 17.2. The molecule has 3 heterocycles. The molecule has 0 atom stereocenters. The number of rotatable bonds is 5. The van der Waals surface area contributed by atoms with Gasteiger partial charge in [-0.3, -0.25) is 0 Å². The van der Waals surface area contributed by atoms with Gasteiger partial charge in [0.15, 0.2) is 11.2 Å². The molecule has 0 radical (unpaired) electrons. The van der Waals surface area contributed by atoms with Crippen molar-refractivity contribution >= 4 is 34.0 Å². The van der Waals surface area contributed by atoms with Crippen LogP contribution in [0.25, 0.3) is 89.6 Å². The molecule has 2 aliphatic rings. The summed E-state index contributed by atoms with van der Waals surface area (Å²) >= 11 is 1.88. The van der Waals surface area contributed by atoms with Crippen molar-refractivity contribution in [2.45, 2.75) is 15.2 Å². The number of para-hydroxylation sites is 4. The van der Waals surface area contributed by atoms with Crippen LogP contribution in [0.5, 0.6) is 0 Å². The molecule has 62 heavy (non-hydrogen) atoms. The third-order valence-electron chi connectivity index (χ3n) is 12.6. The van der Waals surface area contributed by atoms with E-state index >= 15 is 0 Å². The predicted octanol–water partition coefficient (Wildman–Crippen LogP) is 15.1. The largest absolute Gasteiger partial charge is 0.436 e. The number of benzene rings is 9. The van der Waals surface area contributed by atoms with Crippen LogP contribution in [-0.2, 0) is 5.41 Å². The van der Waals surface area contributed by atoms with E-state index in [0.29, 0.717) is 11.8 Å². The van der Waals surface area contributed by atoms with Crippen LogP contribution in [0.1, 0.15) is 22.3 Å². The lowest BCUT2D eigenvalue weighted by Gasteiger charge is -2.39. The van der Waals surface area contributed by atoms with Gasteiger partial charge in [0.2, 0.25) is 11.8 Å². The Labute approximate surface area is 362 Å². The molecule has 0 amide bonds. The third kappa shape index (κ3) is 5.35. The number of fused-ring (bicyclic) bond motifs is 11. The van der Waals surface area contributed by atoms with Gasteiger partial charge in [0.25, 0.3) is 0 Å². The highest BCUT2D eigenvalue weighted by Gasteiger charge is 2.50. The molecule has 1 spiro atoms. The highest BCUT2D eigenvalue weighted by Crippen LogP contribution is 2.62. The van der Waals surface area contributed by atoms with Crippen LogP contribution in [-0.4, -0.2) is 9.97 Å². The van der Waals surface area contributed by atoms with Crippen LogP contribution in [0.15, 0.2) is 225 Å². The average molecular weight is 811 g/mol. The Hall–Kier alpha value is -7.73. The van der Waals surface area contributed by atoms with Gasteiger partial charge in [-0.25, -0.2) is 9.97 Å². The number of nitrogens with zero attached hydrogens (tertiary/aromatic N) is 2. The van der Waals surface area contributed by atoms with Gasteiger partial charge in [-0.15, -0.1) is 0 Å². The van der Waals surface area contributed by atoms with Crippen molar-refractivity contribution in [3.05, 3.63) is 229 Å². The van der Waals surface area contributed by atoms with Gasteiger partial charge >= 0.3 is 0 Å². The lowest BCUT2D eigenvalue weighted by Crippen LogP contribution is -2.31. The topological polar surface area (TPSA) is 52.1 Å². The first-order valence-electron chi connectivity index (χ1n) is 20.9. The zero-order valence-electron chi connectivity index (χ0n) is 33.2. The van der Waals surface area contributed by atoms with E-state index in [0.717, 1.165) is 55.6 Å². The van der Waals surface area contributed by atoms with E-state index in [-0.39, 0.29) is 5.41 Å². The fraction of sp³-hybridized carbons (Fsp3) is 0.0175.